The normalized spacial score (nSPS) is 22.1. The zero-order valence-corrected chi connectivity index (χ0v) is 10.9. The molecule has 0 aromatic heterocycles. The van der Waals surface area contributed by atoms with Crippen LogP contribution >= 0.6 is 0 Å². The summed E-state index contributed by atoms with van der Waals surface area (Å²) in [6.07, 6.45) is 5.45. The summed E-state index contributed by atoms with van der Waals surface area (Å²) in [4.78, 5) is 5.06. The van der Waals surface area contributed by atoms with E-state index in [0.717, 1.165) is 31.7 Å². The molecule has 1 aromatic rings. The van der Waals surface area contributed by atoms with Crippen LogP contribution in [0, 0.1) is 0 Å². The molecule has 3 nitrogen and oxygen atoms in total. The van der Waals surface area contributed by atoms with E-state index in [0.29, 0.717) is 5.75 Å². The van der Waals surface area contributed by atoms with Crippen LogP contribution in [0.15, 0.2) is 24.3 Å². The third kappa shape index (κ3) is 2.25. The molecule has 1 N–H and O–H groups in total. The first-order valence-corrected chi connectivity index (χ1v) is 7.12. The minimum absolute atomic E-state index is 0.288. The lowest BCUT2D eigenvalue weighted by atomic mass is 10.1. The van der Waals surface area contributed by atoms with E-state index in [1.54, 1.807) is 0 Å². The molecule has 3 rings (SSSR count). The topological polar surface area (TPSA) is 26.7 Å². The van der Waals surface area contributed by atoms with Crippen LogP contribution in [0.3, 0.4) is 0 Å². The number of hydrogen-bond donors (Lipinski definition) is 1. The molecule has 0 radical (unpaired) electrons. The molecule has 0 atom stereocenters. The van der Waals surface area contributed by atoms with Crippen molar-refractivity contribution in [1.29, 1.82) is 0 Å². The average molecular weight is 246 g/mol. The van der Waals surface area contributed by atoms with Gasteiger partial charge < -0.3 is 5.11 Å². The minimum atomic E-state index is 0.288. The molecular formula is C15H22N2O. The summed E-state index contributed by atoms with van der Waals surface area (Å²) in [7, 11) is 0. The lowest BCUT2D eigenvalue weighted by molar-refractivity contribution is 0.0770. The largest absolute Gasteiger partial charge is 0.508 e. The molecule has 2 aliphatic rings. The van der Waals surface area contributed by atoms with Gasteiger partial charge in [-0.3, -0.25) is 9.80 Å². The first kappa shape index (κ1) is 12.0. The van der Waals surface area contributed by atoms with Crippen molar-refractivity contribution in [2.75, 3.05) is 26.2 Å². The van der Waals surface area contributed by atoms with Gasteiger partial charge in [0.25, 0.3) is 0 Å². The van der Waals surface area contributed by atoms with Gasteiger partial charge in [-0.2, -0.15) is 0 Å². The van der Waals surface area contributed by atoms with Crippen LogP contribution in [0.1, 0.15) is 37.4 Å². The Labute approximate surface area is 109 Å². The van der Waals surface area contributed by atoms with E-state index in [1.165, 1.54) is 25.7 Å². The van der Waals surface area contributed by atoms with Crippen molar-refractivity contribution in [3.8, 4) is 5.75 Å². The van der Waals surface area contributed by atoms with E-state index in [9.17, 15) is 5.11 Å². The summed E-state index contributed by atoms with van der Waals surface area (Å²) in [5, 5.41) is 10.1. The molecule has 0 unspecified atom stereocenters. The lowest BCUT2D eigenvalue weighted by Gasteiger charge is -2.35. The molecule has 2 aliphatic heterocycles. The number of phenolic OH excluding ortho intramolecular Hbond substituents is 1. The van der Waals surface area contributed by atoms with Gasteiger partial charge in [-0.25, -0.2) is 0 Å². The highest BCUT2D eigenvalue weighted by molar-refractivity contribution is 5.34. The number of para-hydroxylation sites is 1. The number of aromatic hydroxyl groups is 1. The van der Waals surface area contributed by atoms with Crippen molar-refractivity contribution in [3.05, 3.63) is 29.8 Å². The summed E-state index contributed by atoms with van der Waals surface area (Å²) in [5.74, 6) is 0.446. The van der Waals surface area contributed by atoms with Crippen molar-refractivity contribution in [2.45, 2.75) is 31.8 Å². The molecule has 2 fully saturated rings. The molecule has 18 heavy (non-hydrogen) atoms. The summed E-state index contributed by atoms with van der Waals surface area (Å²) >= 11 is 0. The fourth-order valence-corrected chi connectivity index (χ4v) is 3.30. The highest BCUT2D eigenvalue weighted by atomic mass is 16.3. The third-order valence-corrected chi connectivity index (χ3v) is 4.19. The van der Waals surface area contributed by atoms with Gasteiger partial charge in [0.15, 0.2) is 0 Å². The smallest absolute Gasteiger partial charge is 0.121 e. The Morgan fingerprint density at radius 1 is 0.833 bits per heavy atom. The highest BCUT2D eigenvalue weighted by Crippen LogP contribution is 2.35. The van der Waals surface area contributed by atoms with Gasteiger partial charge in [0.2, 0.25) is 0 Å². The molecule has 0 saturated carbocycles. The van der Waals surface area contributed by atoms with Gasteiger partial charge in [-0.05, 0) is 57.9 Å². The van der Waals surface area contributed by atoms with Crippen molar-refractivity contribution in [3.63, 3.8) is 0 Å². The summed E-state index contributed by atoms with van der Waals surface area (Å²) in [6.45, 7) is 4.65. The van der Waals surface area contributed by atoms with Gasteiger partial charge in [0, 0.05) is 5.56 Å². The summed E-state index contributed by atoms with van der Waals surface area (Å²) in [5.41, 5.74) is 1.08. The van der Waals surface area contributed by atoms with E-state index in [2.05, 4.69) is 15.9 Å². The predicted molar refractivity (Wildman–Crippen MR) is 72.5 cm³/mol. The lowest BCUT2D eigenvalue weighted by Crippen LogP contribution is -2.38. The molecule has 0 aliphatic carbocycles. The molecule has 0 amide bonds. The van der Waals surface area contributed by atoms with Crippen molar-refractivity contribution in [2.24, 2.45) is 0 Å². The molecular weight excluding hydrogens is 224 g/mol. The van der Waals surface area contributed by atoms with Crippen molar-refractivity contribution in [1.82, 2.24) is 9.80 Å². The van der Waals surface area contributed by atoms with E-state index in [-0.39, 0.29) is 6.17 Å². The van der Waals surface area contributed by atoms with E-state index in [4.69, 9.17) is 0 Å². The van der Waals surface area contributed by atoms with Gasteiger partial charge in [-0.1, -0.05) is 18.2 Å². The van der Waals surface area contributed by atoms with Crippen LogP contribution in [0.4, 0.5) is 0 Å². The summed E-state index contributed by atoms with van der Waals surface area (Å²) in [6, 6.07) is 7.84. The maximum absolute atomic E-state index is 10.1. The van der Waals surface area contributed by atoms with Crippen LogP contribution < -0.4 is 0 Å². The molecule has 0 spiro atoms. The number of benzene rings is 1. The second-order valence-electron chi connectivity index (χ2n) is 5.42. The maximum Gasteiger partial charge on any atom is 0.121 e. The highest BCUT2D eigenvalue weighted by Gasteiger charge is 2.31. The molecule has 2 saturated heterocycles. The Hall–Kier alpha value is -1.06. The molecule has 98 valence electrons. The standard InChI is InChI=1S/C15H22N2O/c18-14-8-2-1-7-13(14)15(16-9-3-4-10-16)17-11-5-6-12-17/h1-2,7-8,15,18H,3-6,9-12H2. The van der Waals surface area contributed by atoms with Crippen LogP contribution in [-0.4, -0.2) is 41.1 Å². The van der Waals surface area contributed by atoms with Crippen LogP contribution in [0.5, 0.6) is 5.75 Å². The first-order chi connectivity index (χ1) is 8.86. The van der Waals surface area contributed by atoms with E-state index < -0.39 is 0 Å². The van der Waals surface area contributed by atoms with Gasteiger partial charge >= 0.3 is 0 Å². The molecule has 0 bridgehead atoms. The Kier molecular flexibility index (Phi) is 3.52. The van der Waals surface area contributed by atoms with Crippen LogP contribution in [-0.2, 0) is 0 Å². The SMILES string of the molecule is Oc1ccccc1C(N1CCCC1)N1CCCC1. The van der Waals surface area contributed by atoms with Crippen molar-refractivity contribution < 1.29 is 5.11 Å². The Balaban J connectivity index is 1.90. The summed E-state index contributed by atoms with van der Waals surface area (Å²) < 4.78 is 0. The quantitative estimate of drug-likeness (QED) is 0.888. The number of phenols is 1. The molecule has 1 aromatic carbocycles. The monoisotopic (exact) mass is 246 g/mol. The second-order valence-corrected chi connectivity index (χ2v) is 5.42. The molecule has 3 heteroatoms. The first-order valence-electron chi connectivity index (χ1n) is 7.12. The maximum atomic E-state index is 10.1. The Bertz CT molecular complexity index is 379. The number of rotatable bonds is 3. The zero-order chi connectivity index (χ0) is 12.4. The average Bonchev–Trinajstić information content (AvgIpc) is 3.05. The van der Waals surface area contributed by atoms with Crippen molar-refractivity contribution >= 4 is 0 Å². The Morgan fingerprint density at radius 3 is 1.83 bits per heavy atom. The fourth-order valence-electron chi connectivity index (χ4n) is 3.30. The fraction of sp³-hybridized carbons (Fsp3) is 0.600. The third-order valence-electron chi connectivity index (χ3n) is 4.19. The van der Waals surface area contributed by atoms with E-state index >= 15 is 0 Å². The minimum Gasteiger partial charge on any atom is -0.508 e. The zero-order valence-electron chi connectivity index (χ0n) is 10.9. The van der Waals surface area contributed by atoms with Gasteiger partial charge in [0.1, 0.15) is 5.75 Å². The van der Waals surface area contributed by atoms with Crippen LogP contribution in [0.2, 0.25) is 0 Å². The van der Waals surface area contributed by atoms with Crippen LogP contribution in [0.25, 0.3) is 0 Å². The number of hydrogen-bond acceptors (Lipinski definition) is 3. The molecule has 2 heterocycles. The second kappa shape index (κ2) is 5.29. The van der Waals surface area contributed by atoms with Gasteiger partial charge in [-0.15, -0.1) is 0 Å². The van der Waals surface area contributed by atoms with E-state index in [1.807, 2.05) is 18.2 Å². The Morgan fingerprint density at radius 2 is 1.33 bits per heavy atom. The number of nitrogens with zero attached hydrogens (tertiary/aromatic N) is 2. The predicted octanol–water partition coefficient (Wildman–Crippen LogP) is 2.58. The number of likely N-dealkylation sites (tertiary alicyclic amines) is 2. The van der Waals surface area contributed by atoms with Gasteiger partial charge in [0.05, 0.1) is 6.17 Å².